The van der Waals surface area contributed by atoms with E-state index in [1.54, 1.807) is 6.20 Å². The number of aromatic nitrogens is 1. The molecule has 1 amide bonds. The van der Waals surface area contributed by atoms with E-state index in [9.17, 15) is 9.90 Å². The highest BCUT2D eigenvalue weighted by Gasteiger charge is 2.35. The third kappa shape index (κ3) is 3.41. The molecule has 2 aliphatic heterocycles. The van der Waals surface area contributed by atoms with Gasteiger partial charge in [-0.25, -0.2) is 0 Å². The molecule has 0 saturated carbocycles. The fourth-order valence-corrected chi connectivity index (χ4v) is 4.52. The summed E-state index contributed by atoms with van der Waals surface area (Å²) >= 11 is 6.45. The zero-order valence-electron chi connectivity index (χ0n) is 16.4. The normalized spacial score (nSPS) is 18.3. The third-order valence-electron chi connectivity index (χ3n) is 5.78. The maximum absolute atomic E-state index is 13.0. The van der Waals surface area contributed by atoms with E-state index >= 15 is 0 Å². The van der Waals surface area contributed by atoms with Crippen molar-refractivity contribution in [3.63, 3.8) is 0 Å². The van der Waals surface area contributed by atoms with Crippen LogP contribution in [0.4, 0.5) is 0 Å². The van der Waals surface area contributed by atoms with Crippen molar-refractivity contribution in [2.24, 2.45) is 0 Å². The molecular weight excluding hydrogens is 402 g/mol. The summed E-state index contributed by atoms with van der Waals surface area (Å²) in [6.07, 6.45) is 1.73. The number of carbonyl (C=O) groups is 1. The fourth-order valence-electron chi connectivity index (χ4n) is 4.28. The molecule has 2 aliphatic rings. The van der Waals surface area contributed by atoms with Gasteiger partial charge in [0.1, 0.15) is 5.75 Å². The SMILES string of the molecule is O=C(C1Cc2cc(Cl)cc(-c3ccnc4cc(CO)ccc34)c2O1)N1CCNCC1. The Bertz CT molecular complexity index is 1130. The van der Waals surface area contributed by atoms with Gasteiger partial charge < -0.3 is 20.1 Å². The number of halogens is 1. The Kier molecular flexibility index (Phi) is 5.06. The number of hydrogen-bond acceptors (Lipinski definition) is 5. The first-order chi connectivity index (χ1) is 14.6. The third-order valence-corrected chi connectivity index (χ3v) is 6.00. The number of aliphatic hydroxyl groups is 1. The molecule has 1 atom stereocenters. The molecule has 1 saturated heterocycles. The molecule has 2 aromatic carbocycles. The lowest BCUT2D eigenvalue weighted by molar-refractivity contribution is -0.138. The van der Waals surface area contributed by atoms with Crippen LogP contribution in [0, 0.1) is 0 Å². The van der Waals surface area contributed by atoms with Crippen molar-refractivity contribution in [3.05, 3.63) is 58.7 Å². The van der Waals surface area contributed by atoms with Crippen molar-refractivity contribution < 1.29 is 14.6 Å². The minimum Gasteiger partial charge on any atom is -0.479 e. The first-order valence-corrected chi connectivity index (χ1v) is 10.5. The lowest BCUT2D eigenvalue weighted by Gasteiger charge is -2.29. The molecule has 3 heterocycles. The van der Waals surface area contributed by atoms with Crippen LogP contribution in [0.2, 0.25) is 5.02 Å². The molecule has 7 heteroatoms. The van der Waals surface area contributed by atoms with Crippen molar-refractivity contribution >= 4 is 28.4 Å². The minimum atomic E-state index is -0.524. The summed E-state index contributed by atoms with van der Waals surface area (Å²) in [5.41, 5.74) is 4.35. The lowest BCUT2D eigenvalue weighted by Crippen LogP contribution is -2.50. The second-order valence-corrected chi connectivity index (χ2v) is 8.13. The molecule has 0 bridgehead atoms. The number of amides is 1. The van der Waals surface area contributed by atoms with Gasteiger partial charge in [-0.1, -0.05) is 23.7 Å². The molecule has 1 fully saturated rings. The predicted octanol–water partition coefficient (Wildman–Crippen LogP) is 2.78. The highest BCUT2D eigenvalue weighted by Crippen LogP contribution is 2.43. The summed E-state index contributed by atoms with van der Waals surface area (Å²) in [5.74, 6) is 0.744. The molecule has 154 valence electrons. The molecular formula is C23H22ClN3O3. The van der Waals surface area contributed by atoms with Gasteiger partial charge in [-0.2, -0.15) is 0 Å². The molecule has 0 aliphatic carbocycles. The van der Waals surface area contributed by atoms with Crippen molar-refractivity contribution in [1.82, 2.24) is 15.2 Å². The number of pyridine rings is 1. The summed E-state index contributed by atoms with van der Waals surface area (Å²) < 4.78 is 6.23. The van der Waals surface area contributed by atoms with E-state index < -0.39 is 6.10 Å². The summed E-state index contributed by atoms with van der Waals surface area (Å²) in [6.45, 7) is 2.98. The Morgan fingerprint density at radius 2 is 2.03 bits per heavy atom. The molecule has 5 rings (SSSR count). The summed E-state index contributed by atoms with van der Waals surface area (Å²) in [7, 11) is 0. The standard InChI is InChI=1S/C23H22ClN3O3/c24-16-10-15-11-21(23(29)27-7-5-25-6-8-27)30-22(15)19(12-16)17-3-4-26-20-9-14(13-28)1-2-18(17)20/h1-4,9-10,12,21,25,28H,5-8,11,13H2. The fraction of sp³-hybridized carbons (Fsp3) is 0.304. The second-order valence-electron chi connectivity index (χ2n) is 7.70. The van der Waals surface area contributed by atoms with Gasteiger partial charge in [0.2, 0.25) is 0 Å². The van der Waals surface area contributed by atoms with Crippen LogP contribution in [0.5, 0.6) is 5.75 Å². The van der Waals surface area contributed by atoms with Crippen LogP contribution in [0.3, 0.4) is 0 Å². The number of carbonyl (C=O) groups excluding carboxylic acids is 1. The van der Waals surface area contributed by atoms with E-state index in [2.05, 4.69) is 10.3 Å². The van der Waals surface area contributed by atoms with Gasteiger partial charge >= 0.3 is 0 Å². The van der Waals surface area contributed by atoms with Gasteiger partial charge in [0.15, 0.2) is 6.10 Å². The summed E-state index contributed by atoms with van der Waals surface area (Å²) in [6, 6.07) is 11.4. The number of rotatable bonds is 3. The number of ether oxygens (including phenoxy) is 1. The number of nitrogens with zero attached hydrogens (tertiary/aromatic N) is 2. The van der Waals surface area contributed by atoms with Gasteiger partial charge in [0, 0.05) is 60.3 Å². The highest BCUT2D eigenvalue weighted by molar-refractivity contribution is 6.31. The van der Waals surface area contributed by atoms with Crippen LogP contribution < -0.4 is 10.1 Å². The quantitative estimate of drug-likeness (QED) is 0.677. The Morgan fingerprint density at radius 1 is 1.20 bits per heavy atom. The number of nitrogens with one attached hydrogen (secondary N) is 1. The number of aliphatic hydroxyl groups excluding tert-OH is 1. The average molecular weight is 424 g/mol. The largest absolute Gasteiger partial charge is 0.479 e. The van der Waals surface area contributed by atoms with E-state index in [0.29, 0.717) is 30.3 Å². The Hall–Kier alpha value is -2.67. The van der Waals surface area contributed by atoms with Crippen molar-refractivity contribution in [3.8, 4) is 16.9 Å². The smallest absolute Gasteiger partial charge is 0.264 e. The Balaban J connectivity index is 1.54. The van der Waals surface area contributed by atoms with Crippen molar-refractivity contribution in [2.75, 3.05) is 26.2 Å². The van der Waals surface area contributed by atoms with Crippen LogP contribution in [-0.2, 0) is 17.8 Å². The Morgan fingerprint density at radius 3 is 2.83 bits per heavy atom. The zero-order valence-corrected chi connectivity index (χ0v) is 17.2. The molecule has 1 unspecified atom stereocenters. The van der Waals surface area contributed by atoms with Crippen molar-refractivity contribution in [2.45, 2.75) is 19.1 Å². The molecule has 0 spiro atoms. The van der Waals surface area contributed by atoms with Crippen molar-refractivity contribution in [1.29, 1.82) is 0 Å². The number of fused-ring (bicyclic) bond motifs is 2. The second kappa shape index (κ2) is 7.87. The predicted molar refractivity (Wildman–Crippen MR) is 116 cm³/mol. The maximum atomic E-state index is 13.0. The van der Waals surface area contributed by atoms with E-state index in [1.165, 1.54) is 0 Å². The van der Waals surface area contributed by atoms with Crippen LogP contribution in [-0.4, -0.2) is 53.2 Å². The molecule has 6 nitrogen and oxygen atoms in total. The first kappa shape index (κ1) is 19.3. The number of hydrogen-bond donors (Lipinski definition) is 2. The van der Waals surface area contributed by atoms with Crippen LogP contribution >= 0.6 is 11.6 Å². The highest BCUT2D eigenvalue weighted by atomic mass is 35.5. The molecule has 30 heavy (non-hydrogen) atoms. The Labute approximate surface area is 179 Å². The monoisotopic (exact) mass is 423 g/mol. The maximum Gasteiger partial charge on any atom is 0.264 e. The lowest BCUT2D eigenvalue weighted by atomic mass is 9.97. The number of piperazine rings is 1. The summed E-state index contributed by atoms with van der Waals surface area (Å²) in [5, 5.41) is 14.3. The number of benzene rings is 2. The van der Waals surface area contributed by atoms with E-state index in [4.69, 9.17) is 16.3 Å². The first-order valence-electron chi connectivity index (χ1n) is 10.1. The van der Waals surface area contributed by atoms with E-state index in [-0.39, 0.29) is 12.5 Å². The van der Waals surface area contributed by atoms with Gasteiger partial charge in [-0.15, -0.1) is 0 Å². The van der Waals surface area contributed by atoms with E-state index in [0.717, 1.165) is 46.2 Å². The molecule has 3 aromatic rings. The van der Waals surface area contributed by atoms with Crippen LogP contribution in [0.25, 0.3) is 22.0 Å². The van der Waals surface area contributed by atoms with Crippen LogP contribution in [0.1, 0.15) is 11.1 Å². The molecule has 2 N–H and O–H groups in total. The minimum absolute atomic E-state index is 0.0296. The van der Waals surface area contributed by atoms with Gasteiger partial charge in [-0.05, 0) is 35.4 Å². The van der Waals surface area contributed by atoms with Gasteiger partial charge in [0.05, 0.1) is 12.1 Å². The van der Waals surface area contributed by atoms with Crippen LogP contribution in [0.15, 0.2) is 42.6 Å². The average Bonchev–Trinajstić information content (AvgIpc) is 3.21. The summed E-state index contributed by atoms with van der Waals surface area (Å²) in [4.78, 5) is 19.3. The van der Waals surface area contributed by atoms with E-state index in [1.807, 2.05) is 41.3 Å². The molecule has 1 aromatic heterocycles. The molecule has 0 radical (unpaired) electrons. The van der Waals surface area contributed by atoms with Gasteiger partial charge in [-0.3, -0.25) is 9.78 Å². The topological polar surface area (TPSA) is 74.7 Å². The van der Waals surface area contributed by atoms with Gasteiger partial charge in [0.25, 0.3) is 5.91 Å². The zero-order chi connectivity index (χ0) is 20.7.